The van der Waals surface area contributed by atoms with E-state index in [-0.39, 0.29) is 23.1 Å². The molecule has 0 spiro atoms. The number of anilines is 1. The van der Waals surface area contributed by atoms with Crippen molar-refractivity contribution in [3.8, 4) is 0 Å². The first-order valence-electron chi connectivity index (χ1n) is 8.45. The molecule has 0 aliphatic carbocycles. The van der Waals surface area contributed by atoms with Crippen LogP contribution in [0.1, 0.15) is 28.4 Å². The minimum Gasteiger partial charge on any atom is -0.314 e. The number of nitrogens with zero attached hydrogens (tertiary/aromatic N) is 2. The standard InChI is InChI=1S/C20H24N2O4S/c1-14-6-7-15(2)19(12-14)22(5)20(24)13-21(4)27(25,26)18-10-8-17(9-11-18)16(3)23/h6-12H,13H2,1-5H3. The van der Waals surface area contributed by atoms with Crippen LogP contribution in [-0.4, -0.2) is 45.1 Å². The van der Waals surface area contributed by atoms with E-state index in [2.05, 4.69) is 0 Å². The highest BCUT2D eigenvalue weighted by molar-refractivity contribution is 7.89. The zero-order valence-corrected chi connectivity index (χ0v) is 17.0. The van der Waals surface area contributed by atoms with Crippen molar-refractivity contribution in [2.45, 2.75) is 25.7 Å². The molecule has 6 nitrogen and oxygen atoms in total. The first-order chi connectivity index (χ1) is 12.5. The molecule has 27 heavy (non-hydrogen) atoms. The van der Waals surface area contributed by atoms with E-state index in [9.17, 15) is 18.0 Å². The van der Waals surface area contributed by atoms with Crippen molar-refractivity contribution in [1.82, 2.24) is 4.31 Å². The van der Waals surface area contributed by atoms with Gasteiger partial charge in [0.05, 0.1) is 11.4 Å². The molecule has 0 saturated carbocycles. The molecule has 0 radical (unpaired) electrons. The van der Waals surface area contributed by atoms with Crippen LogP contribution < -0.4 is 4.90 Å². The Morgan fingerprint density at radius 2 is 1.56 bits per heavy atom. The summed E-state index contributed by atoms with van der Waals surface area (Å²) in [5.41, 5.74) is 3.13. The summed E-state index contributed by atoms with van der Waals surface area (Å²) >= 11 is 0. The van der Waals surface area contributed by atoms with Gasteiger partial charge in [0.25, 0.3) is 0 Å². The first-order valence-corrected chi connectivity index (χ1v) is 9.89. The summed E-state index contributed by atoms with van der Waals surface area (Å²) in [6, 6.07) is 11.5. The molecule has 2 rings (SSSR count). The Balaban J connectivity index is 2.19. The maximum atomic E-state index is 12.7. The molecule has 144 valence electrons. The van der Waals surface area contributed by atoms with Crippen LogP contribution >= 0.6 is 0 Å². The van der Waals surface area contributed by atoms with Crippen LogP contribution in [0.5, 0.6) is 0 Å². The molecule has 0 heterocycles. The van der Waals surface area contributed by atoms with Crippen LogP contribution in [0.15, 0.2) is 47.4 Å². The maximum Gasteiger partial charge on any atom is 0.243 e. The molecule has 1 amide bonds. The van der Waals surface area contributed by atoms with Gasteiger partial charge in [0, 0.05) is 25.3 Å². The third-order valence-corrected chi connectivity index (χ3v) is 6.24. The molecule has 0 aliphatic rings. The van der Waals surface area contributed by atoms with Gasteiger partial charge in [-0.2, -0.15) is 4.31 Å². The molecule has 7 heteroatoms. The fourth-order valence-corrected chi connectivity index (χ4v) is 3.76. The van der Waals surface area contributed by atoms with Gasteiger partial charge in [0.15, 0.2) is 5.78 Å². The second-order valence-electron chi connectivity index (χ2n) is 6.58. The predicted octanol–water partition coefficient (Wildman–Crippen LogP) is 2.79. The van der Waals surface area contributed by atoms with E-state index in [0.29, 0.717) is 5.56 Å². The third kappa shape index (κ3) is 4.61. The normalized spacial score (nSPS) is 11.5. The van der Waals surface area contributed by atoms with Gasteiger partial charge in [0.2, 0.25) is 15.9 Å². The average molecular weight is 388 g/mol. The topological polar surface area (TPSA) is 74.8 Å². The van der Waals surface area contributed by atoms with Gasteiger partial charge in [-0.05, 0) is 50.1 Å². The minimum absolute atomic E-state index is 0.0391. The van der Waals surface area contributed by atoms with Crippen LogP contribution in [0.25, 0.3) is 0 Å². The van der Waals surface area contributed by atoms with Crippen molar-refractivity contribution in [3.05, 3.63) is 59.2 Å². The quantitative estimate of drug-likeness (QED) is 0.713. The number of Topliss-reactive ketones (excluding diaryl/α,β-unsaturated/α-hetero) is 1. The summed E-state index contributed by atoms with van der Waals surface area (Å²) in [4.78, 5) is 25.5. The number of sulfonamides is 1. The molecule has 2 aromatic rings. The predicted molar refractivity (Wildman–Crippen MR) is 106 cm³/mol. The summed E-state index contributed by atoms with van der Waals surface area (Å²) in [6.07, 6.45) is 0. The summed E-state index contributed by atoms with van der Waals surface area (Å²) in [5, 5.41) is 0. The Bertz CT molecular complexity index is 966. The molecule has 2 aromatic carbocycles. The van der Waals surface area contributed by atoms with Crippen molar-refractivity contribution in [1.29, 1.82) is 0 Å². The summed E-state index contributed by atoms with van der Waals surface area (Å²) in [6.45, 7) is 4.95. The van der Waals surface area contributed by atoms with Crippen LogP contribution in [0, 0.1) is 13.8 Å². The van der Waals surface area contributed by atoms with E-state index < -0.39 is 10.0 Å². The highest BCUT2D eigenvalue weighted by Crippen LogP contribution is 2.21. The van der Waals surface area contributed by atoms with E-state index >= 15 is 0 Å². The Morgan fingerprint density at radius 1 is 0.963 bits per heavy atom. The number of rotatable bonds is 6. The fourth-order valence-electron chi connectivity index (χ4n) is 2.64. The van der Waals surface area contributed by atoms with Crippen molar-refractivity contribution >= 4 is 27.4 Å². The summed E-state index contributed by atoms with van der Waals surface area (Å²) in [5.74, 6) is -0.479. The lowest BCUT2D eigenvalue weighted by atomic mass is 10.1. The molecule has 0 saturated heterocycles. The van der Waals surface area contributed by atoms with Gasteiger partial charge in [-0.3, -0.25) is 9.59 Å². The fraction of sp³-hybridized carbons (Fsp3) is 0.300. The maximum absolute atomic E-state index is 12.7. The Labute approximate surface area is 160 Å². The Hall–Kier alpha value is -2.51. The molecule has 0 aliphatic heterocycles. The van der Waals surface area contributed by atoms with E-state index in [1.807, 2.05) is 32.0 Å². The van der Waals surface area contributed by atoms with Gasteiger partial charge >= 0.3 is 0 Å². The van der Waals surface area contributed by atoms with Gasteiger partial charge < -0.3 is 4.90 Å². The highest BCUT2D eigenvalue weighted by Gasteiger charge is 2.25. The molecule has 0 atom stereocenters. The lowest BCUT2D eigenvalue weighted by molar-refractivity contribution is -0.118. The number of hydrogen-bond donors (Lipinski definition) is 0. The number of amides is 1. The molecule has 0 aromatic heterocycles. The largest absolute Gasteiger partial charge is 0.314 e. The van der Waals surface area contributed by atoms with Gasteiger partial charge in [-0.1, -0.05) is 24.3 Å². The molecular formula is C20H24N2O4S. The molecule has 0 N–H and O–H groups in total. The SMILES string of the molecule is CC(=O)c1ccc(S(=O)(=O)N(C)CC(=O)N(C)c2cc(C)ccc2C)cc1. The molecule has 0 unspecified atom stereocenters. The number of aryl methyl sites for hydroxylation is 2. The highest BCUT2D eigenvalue weighted by atomic mass is 32.2. The Kier molecular flexibility index (Phi) is 6.18. The number of carbonyl (C=O) groups excluding carboxylic acids is 2. The van der Waals surface area contributed by atoms with E-state index in [4.69, 9.17) is 0 Å². The van der Waals surface area contributed by atoms with Gasteiger partial charge in [0.1, 0.15) is 0 Å². The van der Waals surface area contributed by atoms with E-state index in [1.165, 1.54) is 43.1 Å². The first kappa shape index (κ1) is 20.8. The van der Waals surface area contributed by atoms with Gasteiger partial charge in [-0.15, -0.1) is 0 Å². The van der Waals surface area contributed by atoms with Crippen molar-refractivity contribution in [3.63, 3.8) is 0 Å². The number of likely N-dealkylation sites (N-methyl/N-ethyl adjacent to an activating group) is 2. The second-order valence-corrected chi connectivity index (χ2v) is 8.63. The van der Waals surface area contributed by atoms with E-state index in [0.717, 1.165) is 21.1 Å². The minimum atomic E-state index is -3.84. The smallest absolute Gasteiger partial charge is 0.243 e. The van der Waals surface area contributed by atoms with Crippen LogP contribution in [0.4, 0.5) is 5.69 Å². The summed E-state index contributed by atoms with van der Waals surface area (Å²) in [7, 11) is -0.841. The zero-order chi connectivity index (χ0) is 20.4. The number of ketones is 1. The number of benzene rings is 2. The van der Waals surface area contributed by atoms with Crippen LogP contribution in [-0.2, 0) is 14.8 Å². The van der Waals surface area contributed by atoms with Crippen LogP contribution in [0.3, 0.4) is 0 Å². The van der Waals surface area contributed by atoms with Gasteiger partial charge in [-0.25, -0.2) is 8.42 Å². The van der Waals surface area contributed by atoms with Crippen molar-refractivity contribution in [2.24, 2.45) is 0 Å². The Morgan fingerprint density at radius 3 is 2.11 bits per heavy atom. The molecule has 0 bridgehead atoms. The third-order valence-electron chi connectivity index (χ3n) is 4.43. The average Bonchev–Trinajstić information content (AvgIpc) is 2.62. The van der Waals surface area contributed by atoms with Crippen molar-refractivity contribution < 1.29 is 18.0 Å². The number of hydrogen-bond acceptors (Lipinski definition) is 4. The lowest BCUT2D eigenvalue weighted by Gasteiger charge is -2.23. The summed E-state index contributed by atoms with van der Waals surface area (Å²) < 4.78 is 26.4. The van der Waals surface area contributed by atoms with E-state index in [1.54, 1.807) is 7.05 Å². The van der Waals surface area contributed by atoms with Crippen LogP contribution in [0.2, 0.25) is 0 Å². The van der Waals surface area contributed by atoms with Crippen molar-refractivity contribution in [2.75, 3.05) is 25.5 Å². The monoisotopic (exact) mass is 388 g/mol. The zero-order valence-electron chi connectivity index (χ0n) is 16.2. The molecular weight excluding hydrogens is 364 g/mol. The lowest BCUT2D eigenvalue weighted by Crippen LogP contribution is -2.39. The molecule has 0 fully saturated rings. The second kappa shape index (κ2) is 8.02. The number of carbonyl (C=O) groups is 2.